The minimum absolute atomic E-state index is 0.104. The monoisotopic (exact) mass is 390 g/mol. The van der Waals surface area contributed by atoms with E-state index in [1.165, 1.54) is 36.1 Å². The fraction of sp³-hybridized carbons (Fsp3) is 0.222. The molecule has 1 amide bonds. The minimum atomic E-state index is -4.18. The normalized spacial score (nSPS) is 17.8. The summed E-state index contributed by atoms with van der Waals surface area (Å²) in [6.07, 6.45) is 0. The number of phenols is 1. The maximum atomic E-state index is 13.1. The first-order chi connectivity index (χ1) is 12.7. The van der Waals surface area contributed by atoms with Crippen molar-refractivity contribution >= 4 is 27.6 Å². The Morgan fingerprint density at radius 3 is 2.30 bits per heavy atom. The smallest absolute Gasteiger partial charge is 0.323 e. The lowest BCUT2D eigenvalue weighted by atomic mass is 10.1. The summed E-state index contributed by atoms with van der Waals surface area (Å²) in [6, 6.07) is 10.1. The van der Waals surface area contributed by atoms with E-state index < -0.39 is 22.0 Å². The zero-order chi connectivity index (χ0) is 19.8. The first-order valence-electron chi connectivity index (χ1n) is 8.11. The lowest BCUT2D eigenvalue weighted by Gasteiger charge is -2.28. The summed E-state index contributed by atoms with van der Waals surface area (Å²) in [4.78, 5) is 25.1. The fourth-order valence-corrected chi connectivity index (χ4v) is 4.61. The first kappa shape index (κ1) is 18.9. The number of rotatable bonds is 3. The molecule has 2 N–H and O–H groups in total. The van der Waals surface area contributed by atoms with Crippen molar-refractivity contribution < 1.29 is 28.2 Å². The number of aromatic hydroxyl groups is 1. The van der Waals surface area contributed by atoms with Gasteiger partial charge in [0.15, 0.2) is 0 Å². The first-order valence-corrected chi connectivity index (χ1v) is 9.55. The van der Waals surface area contributed by atoms with Crippen LogP contribution in [-0.2, 0) is 26.2 Å². The molecule has 3 rings (SSSR count). The molecule has 0 fully saturated rings. The minimum Gasteiger partial charge on any atom is -0.508 e. The Morgan fingerprint density at radius 2 is 1.70 bits per heavy atom. The molecule has 0 aromatic heterocycles. The summed E-state index contributed by atoms with van der Waals surface area (Å²) >= 11 is 0. The lowest BCUT2D eigenvalue weighted by molar-refractivity contribution is -0.141. The number of amides is 1. The third-order valence-corrected chi connectivity index (χ3v) is 6.29. The van der Waals surface area contributed by atoms with E-state index in [9.17, 15) is 28.2 Å². The highest BCUT2D eigenvalue weighted by atomic mass is 32.2. The van der Waals surface area contributed by atoms with Gasteiger partial charge in [0.1, 0.15) is 11.8 Å². The average molecular weight is 390 g/mol. The zero-order valence-electron chi connectivity index (χ0n) is 14.4. The number of carboxylic acid groups (broad SMARTS) is 1. The Balaban J connectivity index is 2.14. The molecule has 0 saturated heterocycles. The highest BCUT2D eigenvalue weighted by Gasteiger charge is 2.40. The van der Waals surface area contributed by atoms with E-state index in [0.717, 1.165) is 4.31 Å². The van der Waals surface area contributed by atoms with Crippen molar-refractivity contribution in [3.8, 4) is 5.75 Å². The van der Waals surface area contributed by atoms with Crippen LogP contribution in [0.3, 0.4) is 0 Å². The van der Waals surface area contributed by atoms with Gasteiger partial charge in [0.05, 0.1) is 11.4 Å². The van der Waals surface area contributed by atoms with Crippen molar-refractivity contribution in [2.24, 2.45) is 0 Å². The number of carbonyl (C=O) groups is 2. The molecule has 2 aromatic rings. The van der Waals surface area contributed by atoms with Gasteiger partial charge in [-0.05, 0) is 35.9 Å². The van der Waals surface area contributed by atoms with Gasteiger partial charge in [-0.1, -0.05) is 18.2 Å². The summed E-state index contributed by atoms with van der Waals surface area (Å²) in [6.45, 7) is 0.805. The van der Waals surface area contributed by atoms with Gasteiger partial charge in [-0.2, -0.15) is 4.31 Å². The van der Waals surface area contributed by atoms with Gasteiger partial charge < -0.3 is 15.1 Å². The molecule has 2 aromatic carbocycles. The van der Waals surface area contributed by atoms with E-state index in [0.29, 0.717) is 11.3 Å². The molecule has 8 nitrogen and oxygen atoms in total. The van der Waals surface area contributed by atoms with E-state index >= 15 is 0 Å². The summed E-state index contributed by atoms with van der Waals surface area (Å²) < 4.78 is 27.1. The molecule has 0 radical (unpaired) electrons. The van der Waals surface area contributed by atoms with Crippen LogP contribution in [0.2, 0.25) is 0 Å². The maximum absolute atomic E-state index is 13.1. The number of phenolic OH excluding ortho intramolecular Hbond substituents is 1. The van der Waals surface area contributed by atoms with Crippen LogP contribution in [0.25, 0.3) is 0 Å². The third-order valence-electron chi connectivity index (χ3n) is 4.42. The SMILES string of the molecule is CC(=O)N1CC(C(=O)O)N(S(=O)(=O)c2ccc(O)cc2)Cc2ccccc21. The number of hydrogen-bond acceptors (Lipinski definition) is 5. The van der Waals surface area contributed by atoms with Crippen LogP contribution in [0.15, 0.2) is 53.4 Å². The summed E-state index contributed by atoms with van der Waals surface area (Å²) in [5, 5.41) is 19.1. The van der Waals surface area contributed by atoms with Crippen LogP contribution in [0.5, 0.6) is 5.75 Å². The Morgan fingerprint density at radius 1 is 1.07 bits per heavy atom. The molecule has 1 atom stereocenters. The van der Waals surface area contributed by atoms with E-state index in [1.807, 2.05) is 0 Å². The molecule has 1 aliphatic rings. The third kappa shape index (κ3) is 3.51. The molecule has 0 aliphatic carbocycles. The van der Waals surface area contributed by atoms with E-state index in [1.54, 1.807) is 24.3 Å². The number of nitrogens with zero attached hydrogens (tertiary/aromatic N) is 2. The Labute approximate surface area is 156 Å². The Hall–Kier alpha value is -2.91. The Bertz CT molecular complexity index is 987. The zero-order valence-corrected chi connectivity index (χ0v) is 15.3. The molecule has 1 heterocycles. The number of anilines is 1. The molecule has 1 aliphatic heterocycles. The van der Waals surface area contributed by atoms with Crippen LogP contribution in [-0.4, -0.2) is 47.4 Å². The second kappa shape index (κ2) is 7.01. The second-order valence-corrected chi connectivity index (χ2v) is 8.05. The number of benzene rings is 2. The second-order valence-electron chi connectivity index (χ2n) is 6.16. The Kier molecular flexibility index (Phi) is 4.90. The molecule has 0 bridgehead atoms. The van der Waals surface area contributed by atoms with Gasteiger partial charge in [0.25, 0.3) is 0 Å². The molecule has 0 spiro atoms. The van der Waals surface area contributed by atoms with Gasteiger partial charge >= 0.3 is 5.97 Å². The quantitative estimate of drug-likeness (QED) is 0.819. The van der Waals surface area contributed by atoms with Gasteiger partial charge in [-0.15, -0.1) is 0 Å². The number of carboxylic acids is 1. The number of fused-ring (bicyclic) bond motifs is 1. The largest absolute Gasteiger partial charge is 0.508 e. The number of sulfonamides is 1. The van der Waals surface area contributed by atoms with Crippen molar-refractivity contribution in [2.45, 2.75) is 24.4 Å². The summed E-state index contributed by atoms with van der Waals surface area (Å²) in [5.41, 5.74) is 1.01. The number of aliphatic carboxylic acids is 1. The lowest BCUT2D eigenvalue weighted by Crippen LogP contribution is -2.49. The van der Waals surface area contributed by atoms with Crippen molar-refractivity contribution in [3.63, 3.8) is 0 Å². The van der Waals surface area contributed by atoms with Crippen LogP contribution in [0, 0.1) is 0 Å². The molecular formula is C18H18N2O6S. The van der Waals surface area contributed by atoms with Crippen LogP contribution < -0.4 is 4.90 Å². The molecule has 9 heteroatoms. The fourth-order valence-electron chi connectivity index (χ4n) is 3.05. The van der Waals surface area contributed by atoms with Crippen molar-refractivity contribution in [1.82, 2.24) is 4.31 Å². The summed E-state index contributed by atoms with van der Waals surface area (Å²) in [7, 11) is -4.18. The average Bonchev–Trinajstić information content (AvgIpc) is 2.80. The number of carbonyl (C=O) groups excluding carboxylic acids is 1. The van der Waals surface area contributed by atoms with Crippen molar-refractivity contribution in [1.29, 1.82) is 0 Å². The van der Waals surface area contributed by atoms with Crippen molar-refractivity contribution in [3.05, 3.63) is 54.1 Å². The molecule has 142 valence electrons. The molecular weight excluding hydrogens is 372 g/mol. The highest BCUT2D eigenvalue weighted by Crippen LogP contribution is 2.31. The highest BCUT2D eigenvalue weighted by molar-refractivity contribution is 7.89. The van der Waals surface area contributed by atoms with Gasteiger partial charge in [-0.3, -0.25) is 9.59 Å². The summed E-state index contributed by atoms with van der Waals surface area (Å²) in [5.74, 6) is -1.83. The van der Waals surface area contributed by atoms with Crippen LogP contribution in [0.4, 0.5) is 5.69 Å². The molecule has 1 unspecified atom stereocenters. The number of hydrogen-bond donors (Lipinski definition) is 2. The van der Waals surface area contributed by atoms with E-state index in [2.05, 4.69) is 0 Å². The van der Waals surface area contributed by atoms with Gasteiger partial charge in [0, 0.05) is 19.2 Å². The topological polar surface area (TPSA) is 115 Å². The van der Waals surface area contributed by atoms with Crippen LogP contribution >= 0.6 is 0 Å². The molecule has 27 heavy (non-hydrogen) atoms. The van der Waals surface area contributed by atoms with E-state index in [4.69, 9.17) is 0 Å². The molecule has 0 saturated carbocycles. The van der Waals surface area contributed by atoms with Crippen molar-refractivity contribution in [2.75, 3.05) is 11.4 Å². The van der Waals surface area contributed by atoms with Crippen LogP contribution in [0.1, 0.15) is 12.5 Å². The predicted octanol–water partition coefficient (Wildman–Crippen LogP) is 1.40. The maximum Gasteiger partial charge on any atom is 0.323 e. The predicted molar refractivity (Wildman–Crippen MR) is 96.7 cm³/mol. The van der Waals surface area contributed by atoms with E-state index in [-0.39, 0.29) is 29.6 Å². The van der Waals surface area contributed by atoms with Gasteiger partial charge in [0.2, 0.25) is 15.9 Å². The number of para-hydroxylation sites is 1. The standard InChI is InChI=1S/C18H18N2O6S/c1-12(21)19-11-17(18(23)24)20(10-13-4-2-3-5-16(13)19)27(25,26)15-8-6-14(22)7-9-15/h2-9,17,22H,10-11H2,1H3,(H,23,24). The van der Waals surface area contributed by atoms with Gasteiger partial charge in [-0.25, -0.2) is 8.42 Å².